The minimum absolute atomic E-state index is 0.591. The van der Waals surface area contributed by atoms with Crippen LogP contribution in [-0.4, -0.2) is 25.3 Å². The van der Waals surface area contributed by atoms with Gasteiger partial charge in [-0.15, -0.1) is 0 Å². The zero-order chi connectivity index (χ0) is 11.9. The summed E-state index contributed by atoms with van der Waals surface area (Å²) >= 11 is 0. The Bertz CT molecular complexity index is 197. The van der Waals surface area contributed by atoms with E-state index < -0.39 is 0 Å². The average molecular weight is 239 g/mol. The van der Waals surface area contributed by atoms with Crippen molar-refractivity contribution in [2.75, 3.05) is 13.2 Å². The van der Waals surface area contributed by atoms with Crippen LogP contribution < -0.4 is 5.32 Å². The van der Waals surface area contributed by atoms with Gasteiger partial charge in [0.1, 0.15) is 0 Å². The van der Waals surface area contributed by atoms with Crippen LogP contribution in [0.4, 0.5) is 0 Å². The predicted molar refractivity (Wildman–Crippen MR) is 72.2 cm³/mol. The summed E-state index contributed by atoms with van der Waals surface area (Å²) in [6.07, 6.45) is 12.8. The van der Waals surface area contributed by atoms with E-state index in [0.29, 0.717) is 6.10 Å². The SMILES string of the molecule is CCCC(CCCC1CCCO1)CNC1CC1. The third kappa shape index (κ3) is 5.39. The first-order valence-electron chi connectivity index (χ1n) is 7.73. The standard InChI is InChI=1S/C15H29NO/c1-2-5-13(12-16-14-9-10-14)6-3-7-15-8-4-11-17-15/h13-16H,2-12H2,1H3. The molecule has 2 unspecified atom stereocenters. The summed E-state index contributed by atoms with van der Waals surface area (Å²) in [6, 6.07) is 0.868. The Morgan fingerprint density at radius 1 is 1.24 bits per heavy atom. The molecule has 2 heteroatoms. The first-order chi connectivity index (χ1) is 8.38. The Hall–Kier alpha value is -0.0800. The Kier molecular flexibility index (Phi) is 5.79. The van der Waals surface area contributed by atoms with Gasteiger partial charge in [-0.25, -0.2) is 0 Å². The normalized spacial score (nSPS) is 26.3. The van der Waals surface area contributed by atoms with E-state index in [0.717, 1.165) is 18.6 Å². The molecule has 0 spiro atoms. The Labute approximate surface area is 107 Å². The highest BCUT2D eigenvalue weighted by molar-refractivity contribution is 4.81. The molecule has 0 radical (unpaired) electrons. The maximum atomic E-state index is 5.69. The average Bonchev–Trinajstić information content (AvgIpc) is 3.02. The van der Waals surface area contributed by atoms with E-state index >= 15 is 0 Å². The summed E-state index contributed by atoms with van der Waals surface area (Å²) in [7, 11) is 0. The first kappa shape index (κ1) is 13.4. The van der Waals surface area contributed by atoms with E-state index in [9.17, 15) is 0 Å². The second-order valence-corrected chi connectivity index (χ2v) is 5.90. The highest BCUT2D eigenvalue weighted by Gasteiger charge is 2.22. The number of nitrogens with one attached hydrogen (secondary N) is 1. The third-order valence-electron chi connectivity index (χ3n) is 4.13. The molecule has 1 saturated heterocycles. The monoisotopic (exact) mass is 239 g/mol. The van der Waals surface area contributed by atoms with Crippen molar-refractivity contribution in [3.8, 4) is 0 Å². The van der Waals surface area contributed by atoms with Crippen LogP contribution in [0.15, 0.2) is 0 Å². The molecule has 2 atom stereocenters. The first-order valence-corrected chi connectivity index (χ1v) is 7.73. The van der Waals surface area contributed by atoms with Crippen molar-refractivity contribution in [3.63, 3.8) is 0 Å². The van der Waals surface area contributed by atoms with Crippen molar-refractivity contribution in [2.24, 2.45) is 5.92 Å². The second-order valence-electron chi connectivity index (χ2n) is 5.90. The third-order valence-corrected chi connectivity index (χ3v) is 4.13. The summed E-state index contributed by atoms with van der Waals surface area (Å²) in [5.74, 6) is 0.905. The van der Waals surface area contributed by atoms with E-state index in [4.69, 9.17) is 4.74 Å². The van der Waals surface area contributed by atoms with Gasteiger partial charge in [0.2, 0.25) is 0 Å². The molecule has 17 heavy (non-hydrogen) atoms. The maximum Gasteiger partial charge on any atom is 0.0576 e. The molecule has 0 bridgehead atoms. The van der Waals surface area contributed by atoms with Crippen LogP contribution in [0.3, 0.4) is 0 Å². The van der Waals surface area contributed by atoms with Crippen molar-refractivity contribution in [2.45, 2.75) is 76.9 Å². The van der Waals surface area contributed by atoms with Crippen LogP contribution in [0.2, 0.25) is 0 Å². The lowest BCUT2D eigenvalue weighted by Gasteiger charge is -2.17. The van der Waals surface area contributed by atoms with E-state index in [2.05, 4.69) is 12.2 Å². The zero-order valence-corrected chi connectivity index (χ0v) is 11.4. The van der Waals surface area contributed by atoms with Gasteiger partial charge in [-0.1, -0.05) is 19.8 Å². The molecule has 1 N–H and O–H groups in total. The van der Waals surface area contributed by atoms with Crippen LogP contribution in [0.5, 0.6) is 0 Å². The summed E-state index contributed by atoms with van der Waals surface area (Å²) in [5.41, 5.74) is 0. The lowest BCUT2D eigenvalue weighted by atomic mass is 9.95. The Balaban J connectivity index is 1.54. The highest BCUT2D eigenvalue weighted by atomic mass is 16.5. The molecule has 2 fully saturated rings. The molecule has 0 aromatic heterocycles. The van der Waals surface area contributed by atoms with Gasteiger partial charge in [-0.2, -0.15) is 0 Å². The van der Waals surface area contributed by atoms with Crippen molar-refractivity contribution in [1.82, 2.24) is 5.32 Å². The van der Waals surface area contributed by atoms with Crippen LogP contribution in [-0.2, 0) is 4.74 Å². The lowest BCUT2D eigenvalue weighted by Crippen LogP contribution is -2.25. The molecular formula is C15H29NO. The number of rotatable bonds is 9. The largest absolute Gasteiger partial charge is 0.378 e. The number of ether oxygens (including phenoxy) is 1. The van der Waals surface area contributed by atoms with Gasteiger partial charge in [0.15, 0.2) is 0 Å². The molecule has 1 heterocycles. The van der Waals surface area contributed by atoms with Crippen molar-refractivity contribution in [3.05, 3.63) is 0 Å². The van der Waals surface area contributed by atoms with Gasteiger partial charge in [0.25, 0.3) is 0 Å². The molecule has 1 aliphatic heterocycles. The Morgan fingerprint density at radius 2 is 2.12 bits per heavy atom. The topological polar surface area (TPSA) is 21.3 Å². The van der Waals surface area contributed by atoms with Gasteiger partial charge in [-0.05, 0) is 57.4 Å². The van der Waals surface area contributed by atoms with Crippen LogP contribution in [0.25, 0.3) is 0 Å². The van der Waals surface area contributed by atoms with Gasteiger partial charge < -0.3 is 10.1 Å². The van der Waals surface area contributed by atoms with Gasteiger partial charge in [-0.3, -0.25) is 0 Å². The molecular weight excluding hydrogens is 210 g/mol. The zero-order valence-electron chi connectivity index (χ0n) is 11.4. The van der Waals surface area contributed by atoms with E-state index in [1.165, 1.54) is 64.3 Å². The fraction of sp³-hybridized carbons (Fsp3) is 1.00. The Morgan fingerprint density at radius 3 is 2.76 bits per heavy atom. The van der Waals surface area contributed by atoms with Crippen LogP contribution in [0, 0.1) is 5.92 Å². The number of hydrogen-bond acceptors (Lipinski definition) is 2. The van der Waals surface area contributed by atoms with Crippen molar-refractivity contribution in [1.29, 1.82) is 0 Å². The highest BCUT2D eigenvalue weighted by Crippen LogP contribution is 2.23. The molecule has 2 aliphatic rings. The lowest BCUT2D eigenvalue weighted by molar-refractivity contribution is 0.100. The molecule has 1 aliphatic carbocycles. The summed E-state index contributed by atoms with van der Waals surface area (Å²) in [6.45, 7) is 4.57. The van der Waals surface area contributed by atoms with E-state index in [-0.39, 0.29) is 0 Å². The van der Waals surface area contributed by atoms with E-state index in [1.807, 2.05) is 0 Å². The summed E-state index contributed by atoms with van der Waals surface area (Å²) < 4.78 is 5.69. The molecule has 100 valence electrons. The van der Waals surface area contributed by atoms with Gasteiger partial charge in [0.05, 0.1) is 6.10 Å². The summed E-state index contributed by atoms with van der Waals surface area (Å²) in [5, 5.41) is 3.69. The van der Waals surface area contributed by atoms with Gasteiger partial charge in [0, 0.05) is 12.6 Å². The fourth-order valence-corrected chi connectivity index (χ4v) is 2.88. The second kappa shape index (κ2) is 7.38. The van der Waals surface area contributed by atoms with Crippen LogP contribution >= 0.6 is 0 Å². The van der Waals surface area contributed by atoms with Crippen molar-refractivity contribution < 1.29 is 4.74 Å². The minimum Gasteiger partial charge on any atom is -0.378 e. The quantitative estimate of drug-likeness (QED) is 0.665. The maximum absolute atomic E-state index is 5.69. The molecule has 0 aromatic carbocycles. The predicted octanol–water partition coefficient (Wildman–Crippen LogP) is 3.50. The molecule has 0 aromatic rings. The van der Waals surface area contributed by atoms with Crippen molar-refractivity contribution >= 4 is 0 Å². The summed E-state index contributed by atoms with van der Waals surface area (Å²) in [4.78, 5) is 0. The smallest absolute Gasteiger partial charge is 0.0576 e. The molecule has 0 amide bonds. The number of hydrogen-bond donors (Lipinski definition) is 1. The fourth-order valence-electron chi connectivity index (χ4n) is 2.88. The molecule has 2 rings (SSSR count). The van der Waals surface area contributed by atoms with Crippen LogP contribution in [0.1, 0.15) is 64.7 Å². The van der Waals surface area contributed by atoms with Gasteiger partial charge >= 0.3 is 0 Å². The minimum atomic E-state index is 0.591. The van der Waals surface area contributed by atoms with E-state index in [1.54, 1.807) is 0 Å². The molecule has 1 saturated carbocycles. The molecule has 2 nitrogen and oxygen atoms in total.